The Hall–Kier alpha value is -1.68. The molecule has 0 bridgehead atoms. The molecule has 0 atom stereocenters. The Morgan fingerprint density at radius 1 is 1.20 bits per heavy atom. The van der Waals surface area contributed by atoms with E-state index < -0.39 is 0 Å². The summed E-state index contributed by atoms with van der Waals surface area (Å²) in [4.78, 5) is 12.3. The summed E-state index contributed by atoms with van der Waals surface area (Å²) in [6, 6.07) is 7.46. The number of anilines is 1. The molecule has 1 aromatic heterocycles. The van der Waals surface area contributed by atoms with E-state index in [9.17, 15) is 4.79 Å². The number of hydrogen-bond acceptors (Lipinski definition) is 2. The van der Waals surface area contributed by atoms with Crippen LogP contribution in [0.15, 0.2) is 29.1 Å². The maximum Gasteiger partial charge on any atom is 0.290 e. The highest BCUT2D eigenvalue weighted by atomic mass is 35.5. The van der Waals surface area contributed by atoms with E-state index >= 15 is 0 Å². The molecular formula is C15H20ClN3O. The van der Waals surface area contributed by atoms with Gasteiger partial charge in [0.15, 0.2) is 0 Å². The predicted octanol–water partition coefficient (Wildman–Crippen LogP) is 2.77. The van der Waals surface area contributed by atoms with Crippen molar-refractivity contribution in [2.24, 2.45) is 7.05 Å². The van der Waals surface area contributed by atoms with Crippen LogP contribution in [0.4, 0.5) is 5.69 Å². The third kappa shape index (κ3) is 2.61. The van der Waals surface area contributed by atoms with Crippen molar-refractivity contribution in [3.63, 3.8) is 0 Å². The van der Waals surface area contributed by atoms with Crippen LogP contribution in [0.1, 0.15) is 32.0 Å². The second-order valence-corrected chi connectivity index (χ2v) is 6.46. The Labute approximate surface area is 123 Å². The molecule has 2 N–H and O–H groups in total. The van der Waals surface area contributed by atoms with Gasteiger partial charge >= 0.3 is 0 Å². The van der Waals surface area contributed by atoms with Gasteiger partial charge in [0.1, 0.15) is 5.69 Å². The van der Waals surface area contributed by atoms with E-state index in [1.165, 1.54) is 0 Å². The van der Waals surface area contributed by atoms with Gasteiger partial charge in [-0.2, -0.15) is 0 Å². The summed E-state index contributed by atoms with van der Waals surface area (Å²) in [6.07, 6.45) is 0. The highest BCUT2D eigenvalue weighted by molar-refractivity contribution is 6.30. The first-order chi connectivity index (χ1) is 9.21. The second kappa shape index (κ2) is 5.02. The fraction of sp³-hybridized carbons (Fsp3) is 0.400. The van der Waals surface area contributed by atoms with Gasteiger partial charge in [-0.05, 0) is 17.7 Å². The van der Waals surface area contributed by atoms with Gasteiger partial charge < -0.3 is 5.73 Å². The molecule has 1 aromatic carbocycles. The molecule has 4 nitrogen and oxygen atoms in total. The minimum absolute atomic E-state index is 0.146. The van der Waals surface area contributed by atoms with E-state index in [4.69, 9.17) is 17.3 Å². The monoisotopic (exact) mass is 293 g/mol. The summed E-state index contributed by atoms with van der Waals surface area (Å²) in [5.41, 5.74) is 7.87. The van der Waals surface area contributed by atoms with Gasteiger partial charge in [-0.3, -0.25) is 9.48 Å². The lowest BCUT2D eigenvalue weighted by Crippen LogP contribution is -2.24. The molecule has 108 valence electrons. The topological polar surface area (TPSA) is 52.9 Å². The molecule has 20 heavy (non-hydrogen) atoms. The van der Waals surface area contributed by atoms with Gasteiger partial charge in [0.25, 0.3) is 5.56 Å². The minimum Gasteiger partial charge on any atom is -0.393 e. The van der Waals surface area contributed by atoms with Gasteiger partial charge in [0, 0.05) is 17.5 Å². The summed E-state index contributed by atoms with van der Waals surface area (Å²) in [5.74, 6) is 0. The average molecular weight is 294 g/mol. The first kappa shape index (κ1) is 14.7. The summed E-state index contributed by atoms with van der Waals surface area (Å²) in [5, 5.41) is 0.683. The van der Waals surface area contributed by atoms with Crippen molar-refractivity contribution in [1.82, 2.24) is 9.36 Å². The number of nitrogen functional groups attached to an aromatic ring is 1. The predicted molar refractivity (Wildman–Crippen MR) is 83.3 cm³/mol. The summed E-state index contributed by atoms with van der Waals surface area (Å²) in [6.45, 7) is 6.62. The SMILES string of the molecule is Cn1c(C(C)(C)C)c(N)c(=O)n1Cc1ccc(Cl)cc1. The maximum absolute atomic E-state index is 12.3. The molecule has 0 saturated heterocycles. The van der Waals surface area contributed by atoms with E-state index in [1.807, 2.05) is 56.8 Å². The molecule has 0 aliphatic heterocycles. The number of hydrogen-bond donors (Lipinski definition) is 1. The zero-order valence-electron chi connectivity index (χ0n) is 12.3. The fourth-order valence-electron chi connectivity index (χ4n) is 2.50. The van der Waals surface area contributed by atoms with Crippen LogP contribution in [-0.2, 0) is 19.0 Å². The van der Waals surface area contributed by atoms with E-state index in [2.05, 4.69) is 0 Å². The van der Waals surface area contributed by atoms with Crippen LogP contribution in [0.25, 0.3) is 0 Å². The molecule has 2 aromatic rings. The number of benzene rings is 1. The standard InChI is InChI=1S/C15H20ClN3O/c1-15(2,3)13-12(17)14(20)19(18(13)4)9-10-5-7-11(16)8-6-10/h5-8H,9,17H2,1-4H3. The van der Waals surface area contributed by atoms with E-state index in [-0.39, 0.29) is 11.0 Å². The molecule has 5 heteroatoms. The van der Waals surface area contributed by atoms with Crippen molar-refractivity contribution in [2.45, 2.75) is 32.7 Å². The summed E-state index contributed by atoms with van der Waals surface area (Å²) < 4.78 is 3.51. The molecule has 0 spiro atoms. The van der Waals surface area contributed by atoms with Crippen molar-refractivity contribution >= 4 is 17.3 Å². The molecule has 0 amide bonds. The molecule has 0 unspecified atom stereocenters. The first-order valence-electron chi connectivity index (χ1n) is 6.52. The van der Waals surface area contributed by atoms with Gasteiger partial charge in [0.05, 0.1) is 12.2 Å². The Bertz CT molecular complexity index is 675. The third-order valence-electron chi connectivity index (χ3n) is 3.36. The zero-order chi connectivity index (χ0) is 15.1. The number of nitrogens with zero attached hydrogens (tertiary/aromatic N) is 2. The molecular weight excluding hydrogens is 274 g/mol. The van der Waals surface area contributed by atoms with Crippen LogP contribution in [0.5, 0.6) is 0 Å². The minimum atomic E-state index is -0.177. The molecule has 0 aliphatic rings. The number of rotatable bonds is 2. The van der Waals surface area contributed by atoms with Crippen LogP contribution in [-0.4, -0.2) is 9.36 Å². The van der Waals surface area contributed by atoms with Crippen LogP contribution in [0, 0.1) is 0 Å². The van der Waals surface area contributed by atoms with Gasteiger partial charge in [-0.15, -0.1) is 0 Å². The van der Waals surface area contributed by atoms with Crippen LogP contribution in [0.3, 0.4) is 0 Å². The van der Waals surface area contributed by atoms with Crippen molar-refractivity contribution in [2.75, 3.05) is 5.73 Å². The Balaban J connectivity index is 2.48. The molecule has 2 rings (SSSR count). The van der Waals surface area contributed by atoms with Crippen molar-refractivity contribution in [1.29, 1.82) is 0 Å². The van der Waals surface area contributed by atoms with Crippen LogP contribution in [0.2, 0.25) is 5.02 Å². The number of halogens is 1. The number of nitrogens with two attached hydrogens (primary N) is 1. The lowest BCUT2D eigenvalue weighted by Gasteiger charge is -2.21. The Morgan fingerprint density at radius 3 is 2.20 bits per heavy atom. The smallest absolute Gasteiger partial charge is 0.290 e. The molecule has 0 aliphatic carbocycles. The summed E-state index contributed by atoms with van der Waals surface area (Å²) >= 11 is 5.87. The fourth-order valence-corrected chi connectivity index (χ4v) is 2.63. The van der Waals surface area contributed by atoms with Crippen molar-refractivity contribution < 1.29 is 0 Å². The molecule has 1 heterocycles. The van der Waals surface area contributed by atoms with Crippen LogP contribution >= 0.6 is 11.6 Å². The normalized spacial score (nSPS) is 11.8. The third-order valence-corrected chi connectivity index (χ3v) is 3.61. The lowest BCUT2D eigenvalue weighted by atomic mass is 9.91. The van der Waals surface area contributed by atoms with E-state index in [1.54, 1.807) is 4.68 Å². The zero-order valence-corrected chi connectivity index (χ0v) is 13.0. The maximum atomic E-state index is 12.3. The lowest BCUT2D eigenvalue weighted by molar-refractivity contribution is 0.461. The highest BCUT2D eigenvalue weighted by Crippen LogP contribution is 2.25. The Morgan fingerprint density at radius 2 is 1.75 bits per heavy atom. The quantitative estimate of drug-likeness (QED) is 0.925. The van der Waals surface area contributed by atoms with Crippen LogP contribution < -0.4 is 11.3 Å². The van der Waals surface area contributed by atoms with E-state index in [0.717, 1.165) is 11.3 Å². The second-order valence-electron chi connectivity index (χ2n) is 6.03. The van der Waals surface area contributed by atoms with Crippen molar-refractivity contribution in [3.8, 4) is 0 Å². The Kier molecular flexibility index (Phi) is 3.69. The number of aromatic nitrogens is 2. The highest BCUT2D eigenvalue weighted by Gasteiger charge is 2.25. The molecule has 0 radical (unpaired) electrons. The van der Waals surface area contributed by atoms with Gasteiger partial charge in [0.2, 0.25) is 0 Å². The largest absolute Gasteiger partial charge is 0.393 e. The van der Waals surface area contributed by atoms with Gasteiger partial charge in [-0.1, -0.05) is 44.5 Å². The molecule has 0 fully saturated rings. The average Bonchev–Trinajstić information content (AvgIpc) is 2.55. The summed E-state index contributed by atoms with van der Waals surface area (Å²) in [7, 11) is 1.87. The van der Waals surface area contributed by atoms with Gasteiger partial charge in [-0.25, -0.2) is 4.68 Å². The van der Waals surface area contributed by atoms with E-state index in [0.29, 0.717) is 17.3 Å². The molecule has 0 saturated carbocycles. The van der Waals surface area contributed by atoms with Crippen molar-refractivity contribution in [3.05, 3.63) is 50.9 Å². The first-order valence-corrected chi connectivity index (χ1v) is 6.90.